The first kappa shape index (κ1) is 11.5. The predicted molar refractivity (Wildman–Crippen MR) is 52.4 cm³/mol. The van der Waals surface area contributed by atoms with Crippen molar-refractivity contribution in [3.63, 3.8) is 0 Å². The zero-order valence-electron chi connectivity index (χ0n) is 7.32. The topological polar surface area (TPSA) is 39.2 Å². The minimum Gasteiger partial charge on any atom is -0.468 e. The molecule has 1 atom stereocenters. The van der Waals surface area contributed by atoms with Gasteiger partial charge in [0.25, 0.3) is 0 Å². The fraction of sp³-hybridized carbons (Fsp3) is 0.556. The van der Waals surface area contributed by atoms with Crippen LogP contribution in [0.3, 0.4) is 0 Å². The molecule has 2 N–H and O–H groups in total. The number of unbranched alkanes of at least 4 members (excludes halogenated alkanes) is 1. The van der Waals surface area contributed by atoms with E-state index in [1.54, 1.807) is 6.26 Å². The zero-order valence-corrected chi connectivity index (χ0v) is 8.14. The molecule has 0 saturated carbocycles. The normalized spacial score (nSPS) is 12.2. The molecule has 70 valence electrons. The number of nitrogens with two attached hydrogens (primary N) is 1. The first-order valence-corrected chi connectivity index (χ1v) is 4.13. The molecule has 0 saturated heterocycles. The summed E-state index contributed by atoms with van der Waals surface area (Å²) >= 11 is 0. The maximum Gasteiger partial charge on any atom is 0.120 e. The maximum atomic E-state index is 5.83. The standard InChI is InChI=1S/C9H15NO.ClH/c1-2-3-5-8(10)9-6-4-7-11-9;/h4,6-8H,2-3,5,10H2,1H3;1H/t8-;/m0./s1. The Labute approximate surface area is 79.5 Å². The van der Waals surface area contributed by atoms with Crippen molar-refractivity contribution in [3.8, 4) is 0 Å². The molecule has 0 amide bonds. The third kappa shape index (κ3) is 3.28. The van der Waals surface area contributed by atoms with E-state index in [2.05, 4.69) is 6.92 Å². The van der Waals surface area contributed by atoms with Crippen LogP contribution in [0.2, 0.25) is 0 Å². The summed E-state index contributed by atoms with van der Waals surface area (Å²) in [5, 5.41) is 0. The van der Waals surface area contributed by atoms with E-state index in [0.717, 1.165) is 12.2 Å². The molecule has 0 fully saturated rings. The van der Waals surface area contributed by atoms with Gasteiger partial charge in [-0.05, 0) is 18.6 Å². The minimum atomic E-state index is 0. The zero-order chi connectivity index (χ0) is 8.10. The van der Waals surface area contributed by atoms with Crippen molar-refractivity contribution < 1.29 is 4.42 Å². The lowest BCUT2D eigenvalue weighted by Gasteiger charge is -2.06. The molecule has 0 radical (unpaired) electrons. The van der Waals surface area contributed by atoms with Crippen molar-refractivity contribution in [3.05, 3.63) is 24.2 Å². The lowest BCUT2D eigenvalue weighted by molar-refractivity contribution is 0.444. The molecule has 1 aromatic rings. The number of hydrogen-bond acceptors (Lipinski definition) is 2. The quantitative estimate of drug-likeness (QED) is 0.791. The summed E-state index contributed by atoms with van der Waals surface area (Å²) in [5.41, 5.74) is 5.83. The maximum absolute atomic E-state index is 5.83. The van der Waals surface area contributed by atoms with E-state index in [-0.39, 0.29) is 18.4 Å². The third-order valence-corrected chi connectivity index (χ3v) is 1.78. The number of hydrogen-bond donors (Lipinski definition) is 1. The molecule has 1 rings (SSSR count). The van der Waals surface area contributed by atoms with Crippen molar-refractivity contribution in [2.45, 2.75) is 32.2 Å². The highest BCUT2D eigenvalue weighted by Crippen LogP contribution is 2.16. The summed E-state index contributed by atoms with van der Waals surface area (Å²) in [6, 6.07) is 3.89. The lowest BCUT2D eigenvalue weighted by atomic mass is 10.1. The number of halogens is 1. The van der Waals surface area contributed by atoms with Crippen LogP contribution in [-0.2, 0) is 0 Å². The highest BCUT2D eigenvalue weighted by atomic mass is 35.5. The SMILES string of the molecule is CCCC[C@H](N)c1ccco1.Cl. The monoisotopic (exact) mass is 189 g/mol. The summed E-state index contributed by atoms with van der Waals surface area (Å²) in [7, 11) is 0. The summed E-state index contributed by atoms with van der Waals surface area (Å²) in [6.45, 7) is 2.16. The summed E-state index contributed by atoms with van der Waals surface area (Å²) in [4.78, 5) is 0. The minimum absolute atomic E-state index is 0. The molecule has 0 aliphatic carbocycles. The molecule has 2 nitrogen and oxygen atoms in total. The molecule has 0 aromatic carbocycles. The predicted octanol–water partition coefficient (Wildman–Crippen LogP) is 2.89. The molecule has 1 heterocycles. The Kier molecular flexibility index (Phi) is 5.85. The van der Waals surface area contributed by atoms with Gasteiger partial charge in [-0.15, -0.1) is 12.4 Å². The van der Waals surface area contributed by atoms with Gasteiger partial charge in [0, 0.05) is 0 Å². The Bertz CT molecular complexity index is 186. The fourth-order valence-corrected chi connectivity index (χ4v) is 1.07. The van der Waals surface area contributed by atoms with Crippen molar-refractivity contribution >= 4 is 12.4 Å². The molecule has 0 aliphatic heterocycles. The molecule has 1 aromatic heterocycles. The summed E-state index contributed by atoms with van der Waals surface area (Å²) in [5.74, 6) is 0.901. The summed E-state index contributed by atoms with van der Waals surface area (Å²) in [6.07, 6.45) is 5.04. The average molecular weight is 190 g/mol. The van der Waals surface area contributed by atoms with Gasteiger partial charge in [-0.25, -0.2) is 0 Å². The van der Waals surface area contributed by atoms with E-state index in [9.17, 15) is 0 Å². The van der Waals surface area contributed by atoms with Crippen LogP contribution < -0.4 is 5.73 Å². The molecule has 3 heteroatoms. The first-order valence-electron chi connectivity index (χ1n) is 4.13. The van der Waals surface area contributed by atoms with Crippen LogP contribution in [0.15, 0.2) is 22.8 Å². The Morgan fingerprint density at radius 3 is 2.83 bits per heavy atom. The van der Waals surface area contributed by atoms with Gasteiger partial charge in [-0.2, -0.15) is 0 Å². The largest absolute Gasteiger partial charge is 0.468 e. The van der Waals surface area contributed by atoms with E-state index in [0.29, 0.717) is 0 Å². The van der Waals surface area contributed by atoms with Gasteiger partial charge in [0.1, 0.15) is 5.76 Å². The second-order valence-electron chi connectivity index (χ2n) is 2.76. The van der Waals surface area contributed by atoms with E-state index >= 15 is 0 Å². The van der Waals surface area contributed by atoms with Gasteiger partial charge in [0.15, 0.2) is 0 Å². The molecule has 0 aliphatic rings. The van der Waals surface area contributed by atoms with Gasteiger partial charge in [-0.1, -0.05) is 19.8 Å². The average Bonchev–Trinajstić information content (AvgIpc) is 2.52. The Morgan fingerprint density at radius 2 is 2.33 bits per heavy atom. The molecule has 0 bridgehead atoms. The van der Waals surface area contributed by atoms with Crippen molar-refractivity contribution in [1.82, 2.24) is 0 Å². The number of rotatable bonds is 4. The Balaban J connectivity index is 0.00000121. The number of furan rings is 1. The van der Waals surface area contributed by atoms with Crippen molar-refractivity contribution in [2.24, 2.45) is 5.73 Å². The van der Waals surface area contributed by atoms with Crippen molar-refractivity contribution in [1.29, 1.82) is 0 Å². The summed E-state index contributed by atoms with van der Waals surface area (Å²) < 4.78 is 5.17. The molecule has 12 heavy (non-hydrogen) atoms. The van der Waals surface area contributed by atoms with Gasteiger partial charge >= 0.3 is 0 Å². The van der Waals surface area contributed by atoms with Crippen LogP contribution in [0.5, 0.6) is 0 Å². The van der Waals surface area contributed by atoms with Crippen LogP contribution in [0.1, 0.15) is 38.0 Å². The first-order chi connectivity index (χ1) is 5.34. The third-order valence-electron chi connectivity index (χ3n) is 1.78. The highest BCUT2D eigenvalue weighted by molar-refractivity contribution is 5.85. The van der Waals surface area contributed by atoms with E-state index in [1.165, 1.54) is 12.8 Å². The van der Waals surface area contributed by atoms with Crippen LogP contribution in [0.4, 0.5) is 0 Å². The van der Waals surface area contributed by atoms with Gasteiger partial charge in [0.2, 0.25) is 0 Å². The Hall–Kier alpha value is -0.470. The van der Waals surface area contributed by atoms with Gasteiger partial charge in [-0.3, -0.25) is 0 Å². The van der Waals surface area contributed by atoms with E-state index in [4.69, 9.17) is 10.2 Å². The molecular formula is C9H16ClNO. The van der Waals surface area contributed by atoms with Crippen LogP contribution >= 0.6 is 12.4 Å². The molecule has 0 unspecified atom stereocenters. The van der Waals surface area contributed by atoms with E-state index < -0.39 is 0 Å². The molecule has 0 spiro atoms. The fourth-order valence-electron chi connectivity index (χ4n) is 1.07. The van der Waals surface area contributed by atoms with Crippen LogP contribution in [0.25, 0.3) is 0 Å². The van der Waals surface area contributed by atoms with Crippen LogP contribution in [-0.4, -0.2) is 0 Å². The van der Waals surface area contributed by atoms with Gasteiger partial charge in [0.05, 0.1) is 12.3 Å². The molecular weight excluding hydrogens is 174 g/mol. The van der Waals surface area contributed by atoms with Gasteiger partial charge < -0.3 is 10.2 Å². The van der Waals surface area contributed by atoms with Crippen molar-refractivity contribution in [2.75, 3.05) is 0 Å². The van der Waals surface area contributed by atoms with Crippen LogP contribution in [0, 0.1) is 0 Å². The van der Waals surface area contributed by atoms with E-state index in [1.807, 2.05) is 12.1 Å². The Morgan fingerprint density at radius 1 is 1.58 bits per heavy atom. The second kappa shape index (κ2) is 6.09. The smallest absolute Gasteiger partial charge is 0.120 e. The second-order valence-corrected chi connectivity index (χ2v) is 2.76. The highest BCUT2D eigenvalue weighted by Gasteiger charge is 2.06. The lowest BCUT2D eigenvalue weighted by Crippen LogP contribution is -2.08.